The Hall–Kier alpha value is -1.49. The van der Waals surface area contributed by atoms with Gasteiger partial charge in [-0.25, -0.2) is 8.93 Å². The van der Waals surface area contributed by atoms with Gasteiger partial charge in [0.15, 0.2) is 0 Å². The average molecular weight is 303 g/mol. The highest BCUT2D eigenvalue weighted by Gasteiger charge is 2.11. The largest absolute Gasteiger partial charge is 0.358 e. The molecule has 0 bridgehead atoms. The molecule has 0 aromatic heterocycles. The summed E-state index contributed by atoms with van der Waals surface area (Å²) < 4.78 is 21.1. The monoisotopic (exact) mass is 303 g/mol. The van der Waals surface area contributed by atoms with E-state index in [1.165, 1.54) is 0 Å². The molecule has 3 nitrogen and oxygen atoms in total. The first-order chi connectivity index (χ1) is 10.2. The van der Waals surface area contributed by atoms with E-state index in [0.717, 1.165) is 22.4 Å². The van der Waals surface area contributed by atoms with Gasteiger partial charge in [-0.05, 0) is 31.0 Å². The van der Waals surface area contributed by atoms with Crippen LogP contribution in [0.25, 0.3) is 0 Å². The fourth-order valence-corrected chi connectivity index (χ4v) is 2.85. The molecule has 0 spiro atoms. The molecule has 2 aromatic carbocycles. The summed E-state index contributed by atoms with van der Waals surface area (Å²) in [5.74, 6) is 0. The molecule has 0 fully saturated rings. The van der Waals surface area contributed by atoms with Crippen LogP contribution in [0, 0.1) is 6.92 Å². The minimum Gasteiger partial charge on any atom is -0.358 e. The van der Waals surface area contributed by atoms with Crippen LogP contribution in [-0.2, 0) is 22.3 Å². The van der Waals surface area contributed by atoms with Crippen molar-refractivity contribution in [1.29, 1.82) is 0 Å². The van der Waals surface area contributed by atoms with E-state index in [4.69, 9.17) is 4.74 Å². The molecule has 4 heteroatoms. The lowest BCUT2D eigenvalue weighted by Crippen LogP contribution is -2.32. The Morgan fingerprint density at radius 3 is 2.38 bits per heavy atom. The van der Waals surface area contributed by atoms with Crippen LogP contribution in [-0.4, -0.2) is 10.4 Å². The van der Waals surface area contributed by atoms with Crippen LogP contribution in [0.1, 0.15) is 24.5 Å². The molecule has 1 unspecified atom stereocenters. The SMILES string of the molecule is CC[C@@H](NS(=O)c1ccc(C)cc1)OCc1ccccc1. The number of ether oxygens (including phenoxy) is 1. The van der Waals surface area contributed by atoms with Crippen molar-refractivity contribution in [2.75, 3.05) is 0 Å². The Labute approximate surface area is 128 Å². The van der Waals surface area contributed by atoms with E-state index in [1.807, 2.05) is 68.4 Å². The summed E-state index contributed by atoms with van der Waals surface area (Å²) in [6.45, 7) is 4.53. The highest BCUT2D eigenvalue weighted by Crippen LogP contribution is 2.09. The standard InChI is InChI=1S/C17H21NO2S/c1-3-17(20-13-15-7-5-4-6-8-15)18-21(19)16-11-9-14(2)10-12-16/h4-12,17-18H,3,13H2,1-2H3/t17-,21?/m0/s1. The zero-order valence-corrected chi connectivity index (χ0v) is 13.2. The quantitative estimate of drug-likeness (QED) is 0.794. The number of hydrogen-bond donors (Lipinski definition) is 1. The highest BCUT2D eigenvalue weighted by molar-refractivity contribution is 7.83. The topological polar surface area (TPSA) is 38.3 Å². The predicted octanol–water partition coefficient (Wildman–Crippen LogP) is 3.56. The van der Waals surface area contributed by atoms with E-state index in [1.54, 1.807) is 0 Å². The van der Waals surface area contributed by atoms with Gasteiger partial charge in [-0.2, -0.15) is 0 Å². The Bertz CT molecular complexity index is 569. The van der Waals surface area contributed by atoms with Gasteiger partial charge in [0, 0.05) is 0 Å². The lowest BCUT2D eigenvalue weighted by molar-refractivity contribution is 0.0318. The zero-order valence-electron chi connectivity index (χ0n) is 12.4. The van der Waals surface area contributed by atoms with E-state index in [-0.39, 0.29) is 6.23 Å². The Balaban J connectivity index is 1.89. The van der Waals surface area contributed by atoms with E-state index < -0.39 is 11.0 Å². The third-order valence-corrected chi connectivity index (χ3v) is 4.32. The van der Waals surface area contributed by atoms with Gasteiger partial charge in [-0.3, -0.25) is 0 Å². The van der Waals surface area contributed by atoms with Gasteiger partial charge < -0.3 is 4.74 Å². The van der Waals surface area contributed by atoms with Crippen molar-refractivity contribution in [3.8, 4) is 0 Å². The highest BCUT2D eigenvalue weighted by atomic mass is 32.2. The van der Waals surface area contributed by atoms with Crippen molar-refractivity contribution in [3.63, 3.8) is 0 Å². The molecule has 0 radical (unpaired) electrons. The molecule has 0 aliphatic rings. The van der Waals surface area contributed by atoms with Gasteiger partial charge in [-0.1, -0.05) is 55.0 Å². The van der Waals surface area contributed by atoms with Crippen molar-refractivity contribution >= 4 is 11.0 Å². The second-order valence-electron chi connectivity index (χ2n) is 4.89. The zero-order chi connectivity index (χ0) is 15.1. The van der Waals surface area contributed by atoms with E-state index in [2.05, 4.69) is 4.72 Å². The van der Waals surface area contributed by atoms with Gasteiger partial charge in [0.05, 0.1) is 11.5 Å². The molecule has 2 atom stereocenters. The number of rotatable bonds is 7. The van der Waals surface area contributed by atoms with E-state index >= 15 is 0 Å². The normalized spacial score (nSPS) is 13.8. The number of nitrogens with one attached hydrogen (secondary N) is 1. The molecule has 0 heterocycles. The van der Waals surface area contributed by atoms with Gasteiger partial charge in [-0.15, -0.1) is 0 Å². The summed E-state index contributed by atoms with van der Waals surface area (Å²) in [4.78, 5) is 0.766. The molecule has 0 aliphatic heterocycles. The number of aryl methyl sites for hydroxylation is 1. The Morgan fingerprint density at radius 2 is 1.76 bits per heavy atom. The van der Waals surface area contributed by atoms with E-state index in [9.17, 15) is 4.21 Å². The predicted molar refractivity (Wildman–Crippen MR) is 86.0 cm³/mol. The molecular weight excluding hydrogens is 282 g/mol. The second kappa shape index (κ2) is 8.08. The van der Waals surface area contributed by atoms with Crippen molar-refractivity contribution < 1.29 is 8.95 Å². The summed E-state index contributed by atoms with van der Waals surface area (Å²) in [7, 11) is -1.25. The number of hydrogen-bond acceptors (Lipinski definition) is 2. The molecule has 1 N–H and O–H groups in total. The van der Waals surface area contributed by atoms with Crippen molar-refractivity contribution in [2.24, 2.45) is 0 Å². The summed E-state index contributed by atoms with van der Waals surface area (Å²) in [5.41, 5.74) is 2.27. The minimum atomic E-state index is -1.25. The van der Waals surface area contributed by atoms with Crippen molar-refractivity contribution in [1.82, 2.24) is 4.72 Å². The first-order valence-electron chi connectivity index (χ1n) is 7.09. The van der Waals surface area contributed by atoms with Crippen molar-refractivity contribution in [2.45, 2.75) is 38.0 Å². The van der Waals surface area contributed by atoms with Gasteiger partial charge in [0.25, 0.3) is 0 Å². The van der Waals surface area contributed by atoms with Crippen LogP contribution in [0.5, 0.6) is 0 Å². The summed E-state index contributed by atoms with van der Waals surface area (Å²) in [5, 5.41) is 0. The summed E-state index contributed by atoms with van der Waals surface area (Å²) in [6, 6.07) is 17.7. The lowest BCUT2D eigenvalue weighted by atomic mass is 10.2. The van der Waals surface area contributed by atoms with Crippen LogP contribution >= 0.6 is 0 Å². The number of benzene rings is 2. The van der Waals surface area contributed by atoms with Crippen LogP contribution in [0.15, 0.2) is 59.5 Å². The maximum absolute atomic E-state index is 12.3. The Morgan fingerprint density at radius 1 is 1.10 bits per heavy atom. The van der Waals surface area contributed by atoms with E-state index in [0.29, 0.717) is 6.61 Å². The van der Waals surface area contributed by atoms with Gasteiger partial charge >= 0.3 is 0 Å². The average Bonchev–Trinajstić information content (AvgIpc) is 2.53. The maximum Gasteiger partial charge on any atom is 0.127 e. The molecule has 112 valence electrons. The molecule has 0 amide bonds. The molecule has 2 aromatic rings. The Kier molecular flexibility index (Phi) is 6.11. The molecule has 0 saturated heterocycles. The van der Waals surface area contributed by atoms with Crippen molar-refractivity contribution in [3.05, 3.63) is 65.7 Å². The smallest absolute Gasteiger partial charge is 0.127 e. The molecule has 0 saturated carbocycles. The van der Waals surface area contributed by atoms with Crippen LogP contribution < -0.4 is 4.72 Å². The van der Waals surface area contributed by atoms with Gasteiger partial charge in [0.2, 0.25) is 0 Å². The summed E-state index contributed by atoms with van der Waals surface area (Å²) in [6.07, 6.45) is 0.525. The third-order valence-electron chi connectivity index (χ3n) is 3.14. The second-order valence-corrected chi connectivity index (χ2v) is 6.14. The third kappa shape index (κ3) is 5.08. The molecule has 0 aliphatic carbocycles. The molecule has 2 rings (SSSR count). The fourth-order valence-electron chi connectivity index (χ4n) is 1.86. The van der Waals surface area contributed by atoms with Crippen LogP contribution in [0.2, 0.25) is 0 Å². The van der Waals surface area contributed by atoms with Crippen LogP contribution in [0.4, 0.5) is 0 Å². The summed E-state index contributed by atoms with van der Waals surface area (Å²) >= 11 is 0. The van der Waals surface area contributed by atoms with Crippen LogP contribution in [0.3, 0.4) is 0 Å². The first-order valence-corrected chi connectivity index (χ1v) is 8.24. The minimum absolute atomic E-state index is 0.229. The lowest BCUT2D eigenvalue weighted by Gasteiger charge is -2.17. The first kappa shape index (κ1) is 15.9. The molecule has 21 heavy (non-hydrogen) atoms. The molecular formula is C17H21NO2S. The maximum atomic E-state index is 12.3. The van der Waals surface area contributed by atoms with Gasteiger partial charge in [0.1, 0.15) is 17.2 Å². The fraction of sp³-hybridized carbons (Fsp3) is 0.294.